The third-order valence-electron chi connectivity index (χ3n) is 3.98. The Hall–Kier alpha value is -2.22. The van der Waals surface area contributed by atoms with Crippen LogP contribution < -0.4 is 10.6 Å². The van der Waals surface area contributed by atoms with Gasteiger partial charge in [-0.05, 0) is 25.8 Å². The summed E-state index contributed by atoms with van der Waals surface area (Å²) in [6.45, 7) is 2.79. The average molecular weight is 320 g/mol. The van der Waals surface area contributed by atoms with Crippen LogP contribution in [0.5, 0.6) is 0 Å². The van der Waals surface area contributed by atoms with Crippen LogP contribution in [0, 0.1) is 6.92 Å². The van der Waals surface area contributed by atoms with Crippen LogP contribution in [0.1, 0.15) is 23.5 Å². The number of aryl methyl sites for hydroxylation is 1. The maximum absolute atomic E-state index is 12.2. The molecule has 4 amide bonds. The molecule has 0 atom stereocenters. The molecule has 0 aromatic carbocycles. The number of imide groups is 1. The molecule has 2 saturated heterocycles. The molecular weight excluding hydrogens is 304 g/mol. The van der Waals surface area contributed by atoms with Gasteiger partial charge in [-0.2, -0.15) is 0 Å². The highest BCUT2D eigenvalue weighted by Crippen LogP contribution is 2.25. The van der Waals surface area contributed by atoms with Crippen LogP contribution in [0.2, 0.25) is 0 Å². The molecule has 0 unspecified atom stereocenters. The zero-order chi connectivity index (χ0) is 15.7. The van der Waals surface area contributed by atoms with Gasteiger partial charge >= 0.3 is 6.03 Å². The number of piperidine rings is 1. The molecule has 3 heterocycles. The number of carbonyl (C=O) groups is 3. The molecule has 1 spiro atoms. The SMILES string of the molecule is Cc1nc(C=CC(=O)N2CCC3(CC2)NC(=O)NC3=O)cs1. The van der Waals surface area contributed by atoms with Gasteiger partial charge in [-0.25, -0.2) is 9.78 Å². The molecule has 2 aliphatic rings. The fourth-order valence-electron chi connectivity index (χ4n) is 2.71. The highest BCUT2D eigenvalue weighted by molar-refractivity contribution is 7.09. The summed E-state index contributed by atoms with van der Waals surface area (Å²) in [5, 5.41) is 7.78. The van der Waals surface area contributed by atoms with E-state index in [0.717, 1.165) is 10.7 Å². The highest BCUT2D eigenvalue weighted by atomic mass is 32.1. The van der Waals surface area contributed by atoms with Gasteiger partial charge in [0, 0.05) is 24.5 Å². The fourth-order valence-corrected chi connectivity index (χ4v) is 3.29. The minimum Gasteiger partial charge on any atom is -0.339 e. The standard InChI is InChI=1S/C14H16N4O3S/c1-9-15-10(8-22-9)2-3-11(19)18-6-4-14(5-7-18)12(20)16-13(21)17-14/h2-3,8H,4-7H2,1H3,(H2,16,17,20,21). The Morgan fingerprint density at radius 1 is 1.41 bits per heavy atom. The molecule has 1 aromatic rings. The lowest BCUT2D eigenvalue weighted by atomic mass is 9.87. The second-order valence-electron chi connectivity index (χ2n) is 5.44. The van der Waals surface area contributed by atoms with Crippen LogP contribution >= 0.6 is 11.3 Å². The first-order valence-electron chi connectivity index (χ1n) is 7.01. The number of thiazole rings is 1. The summed E-state index contributed by atoms with van der Waals surface area (Å²) in [5.41, 5.74) is -0.0735. The number of amides is 4. The summed E-state index contributed by atoms with van der Waals surface area (Å²) in [4.78, 5) is 41.2. The molecule has 0 bridgehead atoms. The van der Waals surface area contributed by atoms with Crippen LogP contribution in [0.3, 0.4) is 0 Å². The number of carbonyl (C=O) groups excluding carboxylic acids is 3. The lowest BCUT2D eigenvalue weighted by molar-refractivity contribution is -0.132. The largest absolute Gasteiger partial charge is 0.339 e. The molecule has 116 valence electrons. The first kappa shape index (κ1) is 14.7. The number of hydrogen-bond acceptors (Lipinski definition) is 5. The summed E-state index contributed by atoms with van der Waals surface area (Å²) in [7, 11) is 0. The summed E-state index contributed by atoms with van der Waals surface area (Å²) < 4.78 is 0. The summed E-state index contributed by atoms with van der Waals surface area (Å²) in [6.07, 6.45) is 4.06. The Kier molecular flexibility index (Phi) is 3.69. The van der Waals surface area contributed by atoms with Gasteiger partial charge in [0.05, 0.1) is 10.7 Å². The van der Waals surface area contributed by atoms with Gasteiger partial charge in [0.2, 0.25) is 5.91 Å². The molecule has 22 heavy (non-hydrogen) atoms. The number of urea groups is 1. The molecule has 2 aliphatic heterocycles. The predicted molar refractivity (Wildman–Crippen MR) is 81.1 cm³/mol. The molecule has 3 rings (SSSR count). The lowest BCUT2D eigenvalue weighted by Crippen LogP contribution is -2.55. The fraction of sp³-hybridized carbons (Fsp3) is 0.429. The summed E-state index contributed by atoms with van der Waals surface area (Å²) in [6, 6.07) is -0.455. The molecule has 2 fully saturated rings. The third kappa shape index (κ3) is 2.74. The van der Waals surface area contributed by atoms with E-state index in [9.17, 15) is 14.4 Å². The van der Waals surface area contributed by atoms with E-state index in [2.05, 4.69) is 15.6 Å². The zero-order valence-corrected chi connectivity index (χ0v) is 12.9. The van der Waals surface area contributed by atoms with Gasteiger partial charge in [0.25, 0.3) is 5.91 Å². The van der Waals surface area contributed by atoms with E-state index in [-0.39, 0.29) is 11.8 Å². The van der Waals surface area contributed by atoms with E-state index in [1.165, 1.54) is 17.4 Å². The van der Waals surface area contributed by atoms with Gasteiger partial charge in [-0.1, -0.05) is 0 Å². The van der Waals surface area contributed by atoms with Crippen molar-refractivity contribution in [3.63, 3.8) is 0 Å². The Morgan fingerprint density at radius 3 is 2.68 bits per heavy atom. The van der Waals surface area contributed by atoms with Gasteiger partial charge in [0.15, 0.2) is 0 Å². The van der Waals surface area contributed by atoms with Crippen molar-refractivity contribution in [3.8, 4) is 0 Å². The predicted octanol–water partition coefficient (Wildman–Crippen LogP) is 0.665. The van der Waals surface area contributed by atoms with Crippen LogP contribution in [0.15, 0.2) is 11.5 Å². The van der Waals surface area contributed by atoms with Crippen molar-refractivity contribution in [2.45, 2.75) is 25.3 Å². The molecule has 1 aromatic heterocycles. The maximum Gasteiger partial charge on any atom is 0.322 e. The molecule has 2 N–H and O–H groups in total. The quantitative estimate of drug-likeness (QED) is 0.619. The number of aromatic nitrogens is 1. The number of likely N-dealkylation sites (tertiary alicyclic amines) is 1. The maximum atomic E-state index is 12.2. The van der Waals surface area contributed by atoms with Crippen molar-refractivity contribution < 1.29 is 14.4 Å². The van der Waals surface area contributed by atoms with E-state index in [4.69, 9.17) is 0 Å². The Bertz CT molecular complexity index is 659. The lowest BCUT2D eigenvalue weighted by Gasteiger charge is -2.36. The van der Waals surface area contributed by atoms with Crippen molar-refractivity contribution in [2.75, 3.05) is 13.1 Å². The third-order valence-corrected chi connectivity index (χ3v) is 4.77. The first-order valence-corrected chi connectivity index (χ1v) is 7.89. The van der Waals surface area contributed by atoms with Gasteiger partial charge in [-0.3, -0.25) is 14.9 Å². The van der Waals surface area contributed by atoms with Crippen LogP contribution in [-0.2, 0) is 9.59 Å². The Morgan fingerprint density at radius 2 is 2.14 bits per heavy atom. The van der Waals surface area contributed by atoms with Crippen molar-refractivity contribution in [1.82, 2.24) is 20.5 Å². The molecule has 8 heteroatoms. The Balaban J connectivity index is 1.59. The normalized spacial score (nSPS) is 20.5. The van der Waals surface area contributed by atoms with E-state index in [1.54, 1.807) is 11.0 Å². The average Bonchev–Trinajstić information content (AvgIpc) is 3.01. The van der Waals surface area contributed by atoms with Gasteiger partial charge in [-0.15, -0.1) is 11.3 Å². The van der Waals surface area contributed by atoms with Crippen molar-refractivity contribution in [2.24, 2.45) is 0 Å². The smallest absolute Gasteiger partial charge is 0.322 e. The van der Waals surface area contributed by atoms with Crippen LogP contribution in [-0.4, -0.2) is 46.4 Å². The van der Waals surface area contributed by atoms with E-state index in [0.29, 0.717) is 25.9 Å². The number of hydrogen-bond donors (Lipinski definition) is 2. The Labute approximate surface area is 131 Å². The van der Waals surface area contributed by atoms with Crippen molar-refractivity contribution in [1.29, 1.82) is 0 Å². The molecular formula is C14H16N4O3S. The van der Waals surface area contributed by atoms with E-state index >= 15 is 0 Å². The minimum absolute atomic E-state index is 0.106. The number of rotatable bonds is 2. The molecule has 0 saturated carbocycles. The van der Waals surface area contributed by atoms with Crippen LogP contribution in [0.25, 0.3) is 6.08 Å². The second-order valence-corrected chi connectivity index (χ2v) is 6.50. The van der Waals surface area contributed by atoms with Crippen molar-refractivity contribution in [3.05, 3.63) is 22.2 Å². The number of nitrogens with one attached hydrogen (secondary N) is 2. The first-order chi connectivity index (χ1) is 10.5. The van der Waals surface area contributed by atoms with E-state index < -0.39 is 11.6 Å². The topological polar surface area (TPSA) is 91.4 Å². The van der Waals surface area contributed by atoms with E-state index in [1.807, 2.05) is 12.3 Å². The minimum atomic E-state index is -0.844. The zero-order valence-electron chi connectivity index (χ0n) is 12.1. The molecule has 7 nitrogen and oxygen atoms in total. The molecule has 0 radical (unpaired) electrons. The summed E-state index contributed by atoms with van der Waals surface area (Å²) in [5.74, 6) is -0.400. The second kappa shape index (κ2) is 5.53. The van der Waals surface area contributed by atoms with Gasteiger partial charge in [0.1, 0.15) is 5.54 Å². The summed E-state index contributed by atoms with van der Waals surface area (Å²) >= 11 is 1.53. The number of nitrogens with zero attached hydrogens (tertiary/aromatic N) is 2. The van der Waals surface area contributed by atoms with Crippen LogP contribution in [0.4, 0.5) is 4.79 Å². The molecule has 0 aliphatic carbocycles. The highest BCUT2D eigenvalue weighted by Gasteiger charge is 2.48. The monoisotopic (exact) mass is 320 g/mol. The van der Waals surface area contributed by atoms with Gasteiger partial charge < -0.3 is 10.2 Å². The van der Waals surface area contributed by atoms with Crippen molar-refractivity contribution >= 4 is 35.3 Å².